The van der Waals surface area contributed by atoms with Crippen molar-refractivity contribution in [3.8, 4) is 0 Å². The fourth-order valence-corrected chi connectivity index (χ4v) is 8.46. The van der Waals surface area contributed by atoms with E-state index in [1.54, 1.807) is 6.08 Å². The molecule has 0 aliphatic carbocycles. The Kier molecular flexibility index (Phi) is 45.4. The molecule has 1 aliphatic heterocycles. The van der Waals surface area contributed by atoms with Crippen molar-refractivity contribution >= 4 is 11.9 Å². The minimum Gasteiger partial charge on any atom is -0.466 e. The molecule has 1 amide bonds. The van der Waals surface area contributed by atoms with Gasteiger partial charge in [0.15, 0.2) is 6.29 Å². The van der Waals surface area contributed by atoms with E-state index in [-0.39, 0.29) is 18.5 Å². The Hall–Kier alpha value is -2.64. The standard InChI is InChI=1S/C59H105NO10/c1-3-5-7-9-11-13-15-16-22-26-29-33-37-41-45-52(62)51(50-69-59-58(67)57(66)56(65)53(49-61)70-59)60-54(63)46-42-38-34-30-27-23-20-18-17-19-21-24-28-32-36-40-44-48-68-55(64)47-43-39-35-31-25-14-12-10-8-6-4-2/h10,12,17,19,24,26,28-29,41,45,51-53,56-59,61-62,65-67H,3-9,11,13-16,18,20-23,25,27,30-40,42-44,46-50H2,1-2H3,(H,60,63)/b12-10-,19-17-,28-24-,29-26+,45-41+. The number of aliphatic hydroxyl groups is 5. The topological polar surface area (TPSA) is 175 Å². The lowest BCUT2D eigenvalue weighted by Gasteiger charge is -2.40. The maximum absolute atomic E-state index is 13.0. The number of carbonyl (C=O) groups is 2. The number of aliphatic hydroxyl groups excluding tert-OH is 5. The van der Waals surface area contributed by atoms with Gasteiger partial charge in [0.2, 0.25) is 5.91 Å². The van der Waals surface area contributed by atoms with Crippen LogP contribution in [0.25, 0.3) is 0 Å². The molecule has 1 rings (SSSR count). The Balaban J connectivity index is 2.19. The van der Waals surface area contributed by atoms with Crippen LogP contribution in [0.4, 0.5) is 0 Å². The maximum atomic E-state index is 13.0. The van der Waals surface area contributed by atoms with Crippen molar-refractivity contribution < 1.29 is 49.3 Å². The summed E-state index contributed by atoms with van der Waals surface area (Å²) in [7, 11) is 0. The lowest BCUT2D eigenvalue weighted by molar-refractivity contribution is -0.302. The fourth-order valence-electron chi connectivity index (χ4n) is 8.46. The van der Waals surface area contributed by atoms with E-state index < -0.39 is 49.5 Å². The van der Waals surface area contributed by atoms with Crippen molar-refractivity contribution in [2.24, 2.45) is 0 Å². The highest BCUT2D eigenvalue weighted by molar-refractivity contribution is 5.76. The van der Waals surface area contributed by atoms with Crippen LogP contribution in [0.5, 0.6) is 0 Å². The number of hydrogen-bond acceptors (Lipinski definition) is 10. The minimum absolute atomic E-state index is 0.0450. The zero-order valence-electron chi connectivity index (χ0n) is 44.5. The van der Waals surface area contributed by atoms with Crippen LogP contribution in [0.3, 0.4) is 0 Å². The van der Waals surface area contributed by atoms with E-state index in [1.165, 1.54) is 116 Å². The van der Waals surface area contributed by atoms with Crippen molar-refractivity contribution in [2.75, 3.05) is 19.8 Å². The molecule has 6 N–H and O–H groups in total. The van der Waals surface area contributed by atoms with Crippen LogP contribution in [0.15, 0.2) is 60.8 Å². The molecular weight excluding hydrogens is 883 g/mol. The average Bonchev–Trinajstić information content (AvgIpc) is 3.36. The Morgan fingerprint density at radius 1 is 0.529 bits per heavy atom. The van der Waals surface area contributed by atoms with E-state index in [4.69, 9.17) is 14.2 Å². The monoisotopic (exact) mass is 988 g/mol. The summed E-state index contributed by atoms with van der Waals surface area (Å²) < 4.78 is 16.6. The smallest absolute Gasteiger partial charge is 0.305 e. The van der Waals surface area contributed by atoms with E-state index in [0.717, 1.165) is 96.3 Å². The Bertz CT molecular complexity index is 1350. The Labute approximate surface area is 427 Å². The molecule has 0 aromatic carbocycles. The molecule has 0 radical (unpaired) electrons. The van der Waals surface area contributed by atoms with Crippen LogP contribution in [0, 0.1) is 0 Å². The molecule has 7 unspecified atom stereocenters. The predicted molar refractivity (Wildman–Crippen MR) is 287 cm³/mol. The first-order valence-electron chi connectivity index (χ1n) is 28.6. The number of rotatable bonds is 48. The molecular formula is C59H105NO10. The molecule has 7 atom stereocenters. The summed E-state index contributed by atoms with van der Waals surface area (Å²) in [5.74, 6) is -0.255. The zero-order chi connectivity index (χ0) is 51.0. The third-order valence-electron chi connectivity index (χ3n) is 13.1. The first-order chi connectivity index (χ1) is 34.2. The van der Waals surface area contributed by atoms with Crippen LogP contribution < -0.4 is 5.32 Å². The molecule has 406 valence electrons. The minimum atomic E-state index is -1.58. The number of unbranched alkanes of at least 4 members (excludes halogenated alkanes) is 26. The van der Waals surface area contributed by atoms with Gasteiger partial charge in [-0.25, -0.2) is 0 Å². The van der Waals surface area contributed by atoms with E-state index in [9.17, 15) is 35.1 Å². The SMILES string of the molecule is CCCC/C=C\CCCCCCCC(=O)OCCCCC/C=C\C/C=C\CCCCCCCCCC(=O)NC(COC1OC(CO)C(O)C(O)C1O)C(O)/C=C/CC/C=C/CCCCCCCCCC. The van der Waals surface area contributed by atoms with Crippen molar-refractivity contribution in [2.45, 2.75) is 281 Å². The van der Waals surface area contributed by atoms with Gasteiger partial charge in [0, 0.05) is 12.8 Å². The summed E-state index contributed by atoms with van der Waals surface area (Å²) in [5, 5.41) is 54.3. The number of carbonyl (C=O) groups excluding carboxylic acids is 2. The lowest BCUT2D eigenvalue weighted by atomic mass is 9.99. The van der Waals surface area contributed by atoms with Gasteiger partial charge in [0.1, 0.15) is 24.4 Å². The molecule has 0 saturated carbocycles. The third-order valence-corrected chi connectivity index (χ3v) is 13.1. The summed E-state index contributed by atoms with van der Waals surface area (Å²) >= 11 is 0. The van der Waals surface area contributed by atoms with Crippen molar-refractivity contribution in [1.82, 2.24) is 5.32 Å². The Morgan fingerprint density at radius 2 is 0.986 bits per heavy atom. The van der Waals surface area contributed by atoms with Crippen molar-refractivity contribution in [3.63, 3.8) is 0 Å². The second-order valence-corrected chi connectivity index (χ2v) is 19.6. The van der Waals surface area contributed by atoms with Crippen LogP contribution >= 0.6 is 0 Å². The summed E-state index contributed by atoms with van der Waals surface area (Å²) in [6.07, 6.45) is 51.6. The van der Waals surface area contributed by atoms with E-state index in [1.807, 2.05) is 6.08 Å². The molecule has 0 aromatic heterocycles. The van der Waals surface area contributed by atoms with Gasteiger partial charge in [-0.2, -0.15) is 0 Å². The largest absolute Gasteiger partial charge is 0.466 e. The molecule has 0 bridgehead atoms. The van der Waals surface area contributed by atoms with Gasteiger partial charge >= 0.3 is 5.97 Å². The number of nitrogens with one attached hydrogen (secondary N) is 1. The summed E-state index contributed by atoms with van der Waals surface area (Å²) in [5.41, 5.74) is 0. The van der Waals surface area contributed by atoms with E-state index in [2.05, 4.69) is 67.8 Å². The van der Waals surface area contributed by atoms with Crippen molar-refractivity contribution in [1.29, 1.82) is 0 Å². The van der Waals surface area contributed by atoms with Gasteiger partial charge in [-0.1, -0.05) is 184 Å². The third kappa shape index (κ3) is 38.0. The lowest BCUT2D eigenvalue weighted by Crippen LogP contribution is -2.60. The van der Waals surface area contributed by atoms with Gasteiger partial charge in [-0.3, -0.25) is 9.59 Å². The first kappa shape index (κ1) is 65.4. The van der Waals surface area contributed by atoms with Gasteiger partial charge in [-0.15, -0.1) is 0 Å². The molecule has 1 aliphatic rings. The fraction of sp³-hybridized carbons (Fsp3) is 0.797. The summed E-state index contributed by atoms with van der Waals surface area (Å²) in [6, 6.07) is -0.841. The van der Waals surface area contributed by atoms with Gasteiger partial charge in [-0.05, 0) is 103 Å². The molecule has 70 heavy (non-hydrogen) atoms. The molecule has 11 nitrogen and oxygen atoms in total. The summed E-state index contributed by atoms with van der Waals surface area (Å²) in [6.45, 7) is 4.21. The van der Waals surface area contributed by atoms with Crippen LogP contribution in [-0.4, -0.2) is 100 Å². The zero-order valence-corrected chi connectivity index (χ0v) is 44.5. The van der Waals surface area contributed by atoms with Crippen molar-refractivity contribution in [3.05, 3.63) is 60.8 Å². The van der Waals surface area contributed by atoms with Crippen LogP contribution in [0.1, 0.15) is 239 Å². The second-order valence-electron chi connectivity index (χ2n) is 19.6. The first-order valence-corrected chi connectivity index (χ1v) is 28.6. The maximum Gasteiger partial charge on any atom is 0.305 e. The molecule has 0 aromatic rings. The predicted octanol–water partition coefficient (Wildman–Crippen LogP) is 12.7. The van der Waals surface area contributed by atoms with E-state index in [0.29, 0.717) is 19.4 Å². The average molecular weight is 988 g/mol. The molecule has 1 saturated heterocycles. The Morgan fingerprint density at radius 3 is 1.54 bits per heavy atom. The van der Waals surface area contributed by atoms with Crippen LogP contribution in [-0.2, 0) is 23.8 Å². The van der Waals surface area contributed by atoms with Gasteiger partial charge < -0.3 is 45.1 Å². The number of esters is 1. The van der Waals surface area contributed by atoms with Crippen LogP contribution in [0.2, 0.25) is 0 Å². The number of amides is 1. The highest BCUT2D eigenvalue weighted by atomic mass is 16.7. The van der Waals surface area contributed by atoms with E-state index >= 15 is 0 Å². The number of allylic oxidation sites excluding steroid dienone is 9. The second kappa shape index (κ2) is 48.6. The number of hydrogen-bond donors (Lipinski definition) is 6. The highest BCUT2D eigenvalue weighted by Gasteiger charge is 2.44. The molecule has 1 heterocycles. The normalized spacial score (nSPS) is 19.7. The molecule has 11 heteroatoms. The molecule has 0 spiro atoms. The quantitative estimate of drug-likeness (QED) is 0.0196. The van der Waals surface area contributed by atoms with Gasteiger partial charge in [0.05, 0.1) is 32.0 Å². The summed E-state index contributed by atoms with van der Waals surface area (Å²) in [4.78, 5) is 25.0. The van der Waals surface area contributed by atoms with Gasteiger partial charge in [0.25, 0.3) is 0 Å². The number of ether oxygens (including phenoxy) is 3. The molecule has 1 fully saturated rings. The highest BCUT2D eigenvalue weighted by Crippen LogP contribution is 2.23.